The van der Waals surface area contributed by atoms with E-state index in [0.717, 1.165) is 22.3 Å². The van der Waals surface area contributed by atoms with Crippen LogP contribution in [0.5, 0.6) is 0 Å². The van der Waals surface area contributed by atoms with Crippen molar-refractivity contribution in [2.24, 2.45) is 7.05 Å². The number of hydrogen-bond acceptors (Lipinski definition) is 6. The first-order valence-electron chi connectivity index (χ1n) is 9.30. The number of halogens is 1. The van der Waals surface area contributed by atoms with Gasteiger partial charge in [0.05, 0.1) is 12.6 Å². The summed E-state index contributed by atoms with van der Waals surface area (Å²) in [6, 6.07) is 9.63. The minimum Gasteiger partial charge on any atom is -0.305 e. The average molecular weight is 479 g/mol. The molecule has 0 radical (unpaired) electrons. The maximum absolute atomic E-state index is 8.88. The molecule has 5 N–H and O–H groups in total. The van der Waals surface area contributed by atoms with Crippen molar-refractivity contribution in [1.29, 1.82) is 0 Å². The second-order valence-corrected chi connectivity index (χ2v) is 8.29. The van der Waals surface area contributed by atoms with E-state index < -0.39 is 7.82 Å². The summed E-state index contributed by atoms with van der Waals surface area (Å²) in [5, 5.41) is 1.55. The van der Waals surface area contributed by atoms with Gasteiger partial charge in [-0.2, -0.15) is 4.57 Å². The molecule has 0 aliphatic rings. The molecule has 3 heterocycles. The van der Waals surface area contributed by atoms with Gasteiger partial charge in [-0.3, -0.25) is 0 Å². The summed E-state index contributed by atoms with van der Waals surface area (Å²) in [5.74, 6) is 1.58. The van der Waals surface area contributed by atoms with E-state index in [1.165, 1.54) is 6.33 Å². The highest BCUT2D eigenvalue weighted by Crippen LogP contribution is 2.26. The van der Waals surface area contributed by atoms with Gasteiger partial charge in [-0.05, 0) is 36.8 Å². The molecular formula is C19H22ClN7O4P+. The lowest BCUT2D eigenvalue weighted by molar-refractivity contribution is -0.670. The monoisotopic (exact) mass is 478 g/mol. The van der Waals surface area contributed by atoms with Crippen molar-refractivity contribution in [3.63, 3.8) is 0 Å². The van der Waals surface area contributed by atoms with Gasteiger partial charge < -0.3 is 20.1 Å². The summed E-state index contributed by atoms with van der Waals surface area (Å²) in [5.41, 5.74) is 8.29. The molecule has 0 saturated carbocycles. The van der Waals surface area contributed by atoms with Crippen LogP contribution in [0.2, 0.25) is 5.02 Å². The van der Waals surface area contributed by atoms with Crippen LogP contribution in [0.15, 0.2) is 61.6 Å². The smallest absolute Gasteiger partial charge is 0.305 e. The molecule has 4 rings (SSSR count). The molecule has 0 aliphatic carbocycles. The van der Waals surface area contributed by atoms with Crippen molar-refractivity contribution in [3.05, 3.63) is 72.2 Å². The largest absolute Gasteiger partial charge is 0.466 e. The van der Waals surface area contributed by atoms with Crippen LogP contribution in [-0.4, -0.2) is 34.2 Å². The number of anilines is 1. The van der Waals surface area contributed by atoms with Crippen LogP contribution in [0, 0.1) is 0 Å². The van der Waals surface area contributed by atoms with Crippen LogP contribution in [0.25, 0.3) is 16.7 Å². The van der Waals surface area contributed by atoms with E-state index in [1.807, 2.05) is 65.4 Å². The Balaban J connectivity index is 0.000000523. The highest BCUT2D eigenvalue weighted by atomic mass is 35.5. The first kappa shape index (κ1) is 23.7. The molecule has 1 atom stereocenters. The number of nitrogens with one attached hydrogen (secondary N) is 2. The number of fused-ring (bicyclic) bond motifs is 1. The van der Waals surface area contributed by atoms with Crippen LogP contribution in [-0.2, 0) is 11.6 Å². The van der Waals surface area contributed by atoms with Gasteiger partial charge >= 0.3 is 7.82 Å². The van der Waals surface area contributed by atoms with Gasteiger partial charge in [0.2, 0.25) is 12.1 Å². The molecule has 11 nitrogen and oxygen atoms in total. The van der Waals surface area contributed by atoms with Gasteiger partial charge in [-0.25, -0.2) is 29.5 Å². The van der Waals surface area contributed by atoms with Gasteiger partial charge in [0.1, 0.15) is 18.7 Å². The molecular weight excluding hydrogens is 457 g/mol. The van der Waals surface area contributed by atoms with Crippen LogP contribution in [0.3, 0.4) is 0 Å². The number of phosphoric acid groups is 1. The Kier molecular flexibility index (Phi) is 7.52. The number of aromatic nitrogens is 5. The Morgan fingerprint density at radius 2 is 1.91 bits per heavy atom. The fourth-order valence-electron chi connectivity index (χ4n) is 2.78. The lowest BCUT2D eigenvalue weighted by atomic mass is 10.1. The van der Waals surface area contributed by atoms with Crippen molar-refractivity contribution in [1.82, 2.24) is 24.9 Å². The first-order chi connectivity index (χ1) is 15.1. The fraction of sp³-hybridized carbons (Fsp3) is 0.158. The minimum absolute atomic E-state index is 0.0321. The van der Waals surface area contributed by atoms with Gasteiger partial charge in [-0.15, -0.1) is 0 Å². The lowest BCUT2D eigenvalue weighted by Crippen LogP contribution is -2.26. The van der Waals surface area contributed by atoms with Crippen molar-refractivity contribution in [3.8, 4) is 5.82 Å². The maximum Gasteiger partial charge on any atom is 0.466 e. The predicted molar refractivity (Wildman–Crippen MR) is 119 cm³/mol. The Morgan fingerprint density at radius 1 is 1.16 bits per heavy atom. The SMILES string of the molecule is CC(NNc1ncnc2cc(Cl)ccc12)c1ccc(-n2cc[n+](C)c2)nc1.O=P(O)(O)O. The molecule has 168 valence electrons. The van der Waals surface area contributed by atoms with E-state index in [1.54, 1.807) is 0 Å². The van der Waals surface area contributed by atoms with E-state index in [2.05, 4.69) is 38.8 Å². The molecule has 0 aliphatic heterocycles. The fourth-order valence-corrected chi connectivity index (χ4v) is 2.95. The Hall–Kier alpha value is -2.92. The van der Waals surface area contributed by atoms with Gasteiger partial charge in [-0.1, -0.05) is 11.6 Å². The molecule has 0 bridgehead atoms. The van der Waals surface area contributed by atoms with Crippen LogP contribution in [0.1, 0.15) is 18.5 Å². The topological polar surface area (TPSA) is 149 Å². The summed E-state index contributed by atoms with van der Waals surface area (Å²) < 4.78 is 12.8. The maximum atomic E-state index is 8.88. The Bertz CT molecular complexity index is 1240. The molecule has 0 spiro atoms. The molecule has 0 amide bonds. The van der Waals surface area contributed by atoms with E-state index in [9.17, 15) is 0 Å². The molecule has 0 fully saturated rings. The molecule has 13 heteroatoms. The summed E-state index contributed by atoms with van der Waals surface area (Å²) >= 11 is 6.03. The van der Waals surface area contributed by atoms with Crippen molar-refractivity contribution in [2.75, 3.05) is 5.43 Å². The average Bonchev–Trinajstić information content (AvgIpc) is 3.17. The first-order valence-corrected chi connectivity index (χ1v) is 11.2. The highest BCUT2D eigenvalue weighted by Gasteiger charge is 2.10. The third-order valence-electron chi connectivity index (χ3n) is 4.31. The molecule has 0 saturated heterocycles. The van der Waals surface area contributed by atoms with E-state index >= 15 is 0 Å². The number of pyridine rings is 1. The van der Waals surface area contributed by atoms with E-state index in [4.69, 9.17) is 30.8 Å². The highest BCUT2D eigenvalue weighted by molar-refractivity contribution is 7.45. The van der Waals surface area contributed by atoms with Crippen LogP contribution in [0.4, 0.5) is 5.82 Å². The zero-order chi connectivity index (χ0) is 23.3. The van der Waals surface area contributed by atoms with Crippen LogP contribution >= 0.6 is 19.4 Å². The summed E-state index contributed by atoms with van der Waals surface area (Å²) in [7, 11) is -2.66. The van der Waals surface area contributed by atoms with Crippen LogP contribution < -0.4 is 15.4 Å². The molecule has 4 aromatic rings. The number of benzene rings is 1. The summed E-state index contributed by atoms with van der Waals surface area (Å²) in [6.07, 6.45) is 9.30. The Labute approximate surface area is 188 Å². The zero-order valence-electron chi connectivity index (χ0n) is 17.2. The predicted octanol–water partition coefficient (Wildman–Crippen LogP) is 2.04. The van der Waals surface area contributed by atoms with E-state index in [0.29, 0.717) is 10.8 Å². The number of hydrogen-bond donors (Lipinski definition) is 5. The number of rotatable bonds is 5. The molecule has 1 unspecified atom stereocenters. The third kappa shape index (κ3) is 6.79. The van der Waals surface area contributed by atoms with Crippen molar-refractivity contribution < 1.29 is 23.8 Å². The summed E-state index contributed by atoms with van der Waals surface area (Å²) in [4.78, 5) is 34.7. The second kappa shape index (κ2) is 10.1. The summed E-state index contributed by atoms with van der Waals surface area (Å²) in [6.45, 7) is 2.06. The second-order valence-electron chi connectivity index (χ2n) is 6.82. The minimum atomic E-state index is -4.64. The van der Waals surface area contributed by atoms with Crippen molar-refractivity contribution >= 4 is 36.1 Å². The lowest BCUT2D eigenvalue weighted by Gasteiger charge is -2.16. The number of aryl methyl sites for hydroxylation is 1. The quantitative estimate of drug-likeness (QED) is 0.165. The molecule has 3 aromatic heterocycles. The third-order valence-corrected chi connectivity index (χ3v) is 4.54. The number of hydrazine groups is 1. The van der Waals surface area contributed by atoms with E-state index in [-0.39, 0.29) is 6.04 Å². The molecule has 32 heavy (non-hydrogen) atoms. The molecule has 1 aromatic carbocycles. The standard InChI is InChI=1S/C19H19ClN7.H3O4P/c1-13(14-3-6-18(21-10-14)27-8-7-26(2)12-27)24-25-19-16-5-4-15(20)9-17(16)22-11-23-19;1-5(2,3)4/h3-13,24H,1-2H3,(H,22,23,25);(H3,1,2,3,4)/q+1;. The zero-order valence-corrected chi connectivity index (χ0v) is 18.8. The van der Waals surface area contributed by atoms with Crippen molar-refractivity contribution in [2.45, 2.75) is 13.0 Å². The Morgan fingerprint density at radius 3 is 2.53 bits per heavy atom. The van der Waals surface area contributed by atoms with Gasteiger partial charge in [0.15, 0.2) is 5.82 Å². The number of imidazole rings is 1. The van der Waals surface area contributed by atoms with Gasteiger partial charge in [0, 0.05) is 28.7 Å². The number of nitrogens with zero attached hydrogens (tertiary/aromatic N) is 5. The van der Waals surface area contributed by atoms with Gasteiger partial charge in [0.25, 0.3) is 0 Å². The normalized spacial score (nSPS) is 12.2.